The number of thiocarbonyl (C=S) groups is 1. The van der Waals surface area contributed by atoms with Gasteiger partial charge >= 0.3 is 0 Å². The Bertz CT molecular complexity index is 381. The van der Waals surface area contributed by atoms with Crippen molar-refractivity contribution in [2.24, 2.45) is 12.8 Å². The number of aryl methyl sites for hydroxylation is 2. The first-order valence-electron chi connectivity index (χ1n) is 4.92. The summed E-state index contributed by atoms with van der Waals surface area (Å²) in [6, 6.07) is 0.382. The predicted molar refractivity (Wildman–Crippen MR) is 67.4 cm³/mol. The molecule has 0 spiro atoms. The normalized spacial score (nSPS) is 10.8. The van der Waals surface area contributed by atoms with E-state index >= 15 is 0 Å². The van der Waals surface area contributed by atoms with Gasteiger partial charge in [-0.2, -0.15) is 5.10 Å². The molecule has 4 nitrogen and oxygen atoms in total. The van der Waals surface area contributed by atoms with Gasteiger partial charge in [-0.15, -0.1) is 0 Å². The number of hydrogen-bond donors (Lipinski definition) is 1. The molecule has 0 aliphatic heterocycles. The number of anilines is 1. The lowest BCUT2D eigenvalue weighted by molar-refractivity contribution is 0.681. The Morgan fingerprint density at radius 2 is 2.07 bits per heavy atom. The molecule has 0 bridgehead atoms. The van der Waals surface area contributed by atoms with Crippen LogP contribution in [0.2, 0.25) is 0 Å². The van der Waals surface area contributed by atoms with Gasteiger partial charge in [0.1, 0.15) is 10.8 Å². The van der Waals surface area contributed by atoms with Gasteiger partial charge in [-0.25, -0.2) is 0 Å². The molecule has 0 radical (unpaired) electrons. The maximum atomic E-state index is 5.72. The minimum Gasteiger partial charge on any atom is -0.389 e. The van der Waals surface area contributed by atoms with Gasteiger partial charge in [-0.3, -0.25) is 4.68 Å². The highest BCUT2D eigenvalue weighted by atomic mass is 32.1. The molecule has 1 aromatic heterocycles. The molecule has 0 aliphatic carbocycles. The van der Waals surface area contributed by atoms with E-state index in [-0.39, 0.29) is 0 Å². The van der Waals surface area contributed by atoms with E-state index in [0.717, 1.165) is 17.1 Å². The monoisotopic (exact) mass is 226 g/mol. The first kappa shape index (κ1) is 12.0. The Morgan fingerprint density at radius 3 is 2.47 bits per heavy atom. The number of nitrogens with zero attached hydrogens (tertiary/aromatic N) is 3. The van der Waals surface area contributed by atoms with Crippen LogP contribution in [0.5, 0.6) is 0 Å². The Kier molecular flexibility index (Phi) is 3.34. The topological polar surface area (TPSA) is 47.1 Å². The van der Waals surface area contributed by atoms with Crippen LogP contribution in [0, 0.1) is 6.92 Å². The van der Waals surface area contributed by atoms with Crippen molar-refractivity contribution >= 4 is 23.0 Å². The summed E-state index contributed by atoms with van der Waals surface area (Å²) in [5.74, 6) is 0.981. The van der Waals surface area contributed by atoms with Gasteiger partial charge < -0.3 is 10.6 Å². The van der Waals surface area contributed by atoms with E-state index < -0.39 is 0 Å². The van der Waals surface area contributed by atoms with Crippen molar-refractivity contribution in [1.29, 1.82) is 0 Å². The lowest BCUT2D eigenvalue weighted by atomic mass is 10.2. The second-order valence-electron chi connectivity index (χ2n) is 3.98. The fourth-order valence-corrected chi connectivity index (χ4v) is 1.82. The van der Waals surface area contributed by atoms with Crippen molar-refractivity contribution in [2.45, 2.75) is 26.8 Å². The molecular weight excluding hydrogens is 208 g/mol. The standard InChI is InChI=1S/C10H18N4S/c1-6(2)13(4)10-8(9(11)15)7(3)12-14(10)5/h6H,1-5H3,(H2,11,15). The van der Waals surface area contributed by atoms with E-state index in [9.17, 15) is 0 Å². The van der Waals surface area contributed by atoms with Crippen molar-refractivity contribution in [3.63, 3.8) is 0 Å². The first-order valence-corrected chi connectivity index (χ1v) is 5.33. The second kappa shape index (κ2) is 4.18. The Labute approximate surface area is 96.1 Å². The average Bonchev–Trinajstić information content (AvgIpc) is 2.39. The number of rotatable bonds is 3. The maximum absolute atomic E-state index is 5.72. The SMILES string of the molecule is Cc1nn(C)c(N(C)C(C)C)c1C(N)=S. The van der Waals surface area contributed by atoms with Crippen LogP contribution in [0.15, 0.2) is 0 Å². The minimum atomic E-state index is 0.382. The van der Waals surface area contributed by atoms with Crippen molar-refractivity contribution in [1.82, 2.24) is 9.78 Å². The molecule has 15 heavy (non-hydrogen) atoms. The average molecular weight is 226 g/mol. The van der Waals surface area contributed by atoms with Gasteiger partial charge in [-0.1, -0.05) is 12.2 Å². The lowest BCUT2D eigenvalue weighted by Crippen LogP contribution is -2.30. The van der Waals surface area contributed by atoms with E-state index in [0.29, 0.717) is 11.0 Å². The highest BCUT2D eigenvalue weighted by Crippen LogP contribution is 2.23. The minimum absolute atomic E-state index is 0.382. The molecule has 0 atom stereocenters. The van der Waals surface area contributed by atoms with E-state index in [2.05, 4.69) is 23.8 Å². The highest BCUT2D eigenvalue weighted by molar-refractivity contribution is 7.80. The molecular formula is C10H18N4S. The zero-order chi connectivity index (χ0) is 11.7. The number of hydrogen-bond acceptors (Lipinski definition) is 3. The zero-order valence-corrected chi connectivity index (χ0v) is 10.7. The molecule has 1 aromatic rings. The van der Waals surface area contributed by atoms with Gasteiger partial charge in [0.2, 0.25) is 0 Å². The Morgan fingerprint density at radius 1 is 1.53 bits per heavy atom. The van der Waals surface area contributed by atoms with Gasteiger partial charge in [0.15, 0.2) is 0 Å². The smallest absolute Gasteiger partial charge is 0.137 e. The van der Waals surface area contributed by atoms with E-state index in [1.54, 1.807) is 0 Å². The molecule has 0 fully saturated rings. The highest BCUT2D eigenvalue weighted by Gasteiger charge is 2.20. The third kappa shape index (κ3) is 2.12. The third-order valence-electron chi connectivity index (χ3n) is 2.55. The fourth-order valence-electron chi connectivity index (χ4n) is 1.58. The molecule has 0 aromatic carbocycles. The van der Waals surface area contributed by atoms with Crippen LogP contribution in [0.1, 0.15) is 25.1 Å². The van der Waals surface area contributed by atoms with Crippen LogP contribution < -0.4 is 10.6 Å². The summed E-state index contributed by atoms with van der Waals surface area (Å²) in [4.78, 5) is 2.53. The van der Waals surface area contributed by atoms with Gasteiger partial charge in [0, 0.05) is 20.1 Å². The van der Waals surface area contributed by atoms with Crippen LogP contribution in [-0.4, -0.2) is 27.9 Å². The summed E-state index contributed by atoms with van der Waals surface area (Å²) in [5, 5.41) is 4.34. The summed E-state index contributed by atoms with van der Waals surface area (Å²) in [5.41, 5.74) is 7.48. The van der Waals surface area contributed by atoms with Crippen LogP contribution in [0.25, 0.3) is 0 Å². The van der Waals surface area contributed by atoms with E-state index in [1.165, 1.54) is 0 Å². The number of aromatic nitrogens is 2. The quantitative estimate of drug-likeness (QED) is 0.787. The number of nitrogens with two attached hydrogens (primary N) is 1. The molecule has 84 valence electrons. The molecule has 0 saturated heterocycles. The summed E-state index contributed by atoms with van der Waals surface area (Å²) in [6.07, 6.45) is 0. The van der Waals surface area contributed by atoms with E-state index in [1.807, 2.05) is 25.7 Å². The largest absolute Gasteiger partial charge is 0.389 e. The maximum Gasteiger partial charge on any atom is 0.137 e. The van der Waals surface area contributed by atoms with Crippen LogP contribution >= 0.6 is 12.2 Å². The predicted octanol–water partition coefficient (Wildman–Crippen LogP) is 1.21. The molecule has 0 unspecified atom stereocenters. The first-order chi connectivity index (χ1) is 6.86. The Hall–Kier alpha value is -1.10. The molecule has 1 rings (SSSR count). The summed E-state index contributed by atoms with van der Waals surface area (Å²) >= 11 is 5.05. The van der Waals surface area contributed by atoms with Crippen LogP contribution in [0.4, 0.5) is 5.82 Å². The molecule has 2 N–H and O–H groups in total. The van der Waals surface area contributed by atoms with Crippen LogP contribution in [-0.2, 0) is 7.05 Å². The lowest BCUT2D eigenvalue weighted by Gasteiger charge is -2.24. The van der Waals surface area contributed by atoms with Gasteiger partial charge in [0.05, 0.1) is 11.3 Å². The van der Waals surface area contributed by atoms with Crippen molar-refractivity contribution in [3.05, 3.63) is 11.3 Å². The fraction of sp³-hybridized carbons (Fsp3) is 0.600. The molecule has 0 aliphatic rings. The Balaban J connectivity index is 3.32. The third-order valence-corrected chi connectivity index (χ3v) is 2.75. The van der Waals surface area contributed by atoms with Crippen LogP contribution in [0.3, 0.4) is 0 Å². The van der Waals surface area contributed by atoms with Crippen molar-refractivity contribution < 1.29 is 0 Å². The van der Waals surface area contributed by atoms with Gasteiger partial charge in [-0.05, 0) is 20.8 Å². The van der Waals surface area contributed by atoms with E-state index in [4.69, 9.17) is 18.0 Å². The summed E-state index contributed by atoms with van der Waals surface area (Å²) in [7, 11) is 3.92. The van der Waals surface area contributed by atoms with Crippen molar-refractivity contribution in [3.8, 4) is 0 Å². The summed E-state index contributed by atoms with van der Waals surface area (Å²) in [6.45, 7) is 6.16. The van der Waals surface area contributed by atoms with Gasteiger partial charge in [0.25, 0.3) is 0 Å². The molecule has 0 saturated carbocycles. The molecule has 5 heteroatoms. The zero-order valence-electron chi connectivity index (χ0n) is 9.90. The summed E-state index contributed by atoms with van der Waals surface area (Å²) < 4.78 is 1.82. The second-order valence-corrected chi connectivity index (χ2v) is 4.42. The van der Waals surface area contributed by atoms with Crippen molar-refractivity contribution in [2.75, 3.05) is 11.9 Å². The molecule has 1 heterocycles. The molecule has 0 amide bonds.